The van der Waals surface area contributed by atoms with Gasteiger partial charge < -0.3 is 19.5 Å². The van der Waals surface area contributed by atoms with E-state index >= 15 is 0 Å². The number of para-hydroxylation sites is 1. The van der Waals surface area contributed by atoms with Crippen molar-refractivity contribution in [2.24, 2.45) is 0 Å². The molecule has 0 fully saturated rings. The van der Waals surface area contributed by atoms with Crippen molar-refractivity contribution >= 4 is 16.8 Å². The van der Waals surface area contributed by atoms with Crippen LogP contribution < -0.4 is 10.1 Å². The second kappa shape index (κ2) is 8.69. The van der Waals surface area contributed by atoms with Gasteiger partial charge in [-0.3, -0.25) is 4.79 Å². The number of ether oxygens (including phenoxy) is 1. The Hall–Kier alpha value is -3.47. The summed E-state index contributed by atoms with van der Waals surface area (Å²) in [6.45, 7) is 0.519. The van der Waals surface area contributed by atoms with Gasteiger partial charge >= 0.3 is 0 Å². The molecule has 0 radical (unpaired) electrons. The zero-order valence-corrected chi connectivity index (χ0v) is 16.4. The van der Waals surface area contributed by atoms with Crippen LogP contribution in [-0.4, -0.2) is 24.5 Å². The van der Waals surface area contributed by atoms with Crippen molar-refractivity contribution in [1.82, 2.24) is 10.3 Å². The van der Waals surface area contributed by atoms with Gasteiger partial charge in [-0.1, -0.05) is 30.3 Å². The number of furan rings is 1. The fraction of sp³-hybridized carbons (Fsp3) is 0.208. The summed E-state index contributed by atoms with van der Waals surface area (Å²) in [5.41, 5.74) is 3.38. The first-order chi connectivity index (χ1) is 14.2. The normalized spacial score (nSPS) is 12.0. The van der Waals surface area contributed by atoms with E-state index in [4.69, 9.17) is 9.15 Å². The van der Waals surface area contributed by atoms with Crippen LogP contribution in [0.25, 0.3) is 10.9 Å². The van der Waals surface area contributed by atoms with Gasteiger partial charge in [-0.15, -0.1) is 0 Å². The van der Waals surface area contributed by atoms with E-state index in [9.17, 15) is 4.79 Å². The summed E-state index contributed by atoms with van der Waals surface area (Å²) in [6.07, 6.45) is 4.66. The molecule has 29 heavy (non-hydrogen) atoms. The number of hydrogen-bond acceptors (Lipinski definition) is 3. The molecule has 2 heterocycles. The van der Waals surface area contributed by atoms with E-state index in [1.165, 1.54) is 0 Å². The van der Waals surface area contributed by atoms with Gasteiger partial charge in [-0.25, -0.2) is 0 Å². The number of benzene rings is 2. The number of H-pyrrole nitrogens is 1. The third-order valence-electron chi connectivity index (χ3n) is 5.20. The van der Waals surface area contributed by atoms with Crippen molar-refractivity contribution in [2.45, 2.75) is 18.8 Å². The summed E-state index contributed by atoms with van der Waals surface area (Å²) >= 11 is 0. The fourth-order valence-corrected chi connectivity index (χ4v) is 3.62. The van der Waals surface area contributed by atoms with Crippen molar-refractivity contribution in [2.75, 3.05) is 13.7 Å². The summed E-state index contributed by atoms with van der Waals surface area (Å²) in [7, 11) is 1.66. The lowest BCUT2D eigenvalue weighted by Gasteiger charge is -2.18. The quantitative estimate of drug-likeness (QED) is 0.462. The average molecular weight is 388 g/mol. The van der Waals surface area contributed by atoms with Crippen LogP contribution in [0.2, 0.25) is 0 Å². The number of rotatable bonds is 8. The minimum Gasteiger partial charge on any atom is -0.497 e. The molecule has 1 atom stereocenters. The van der Waals surface area contributed by atoms with Crippen molar-refractivity contribution in [3.8, 4) is 5.75 Å². The number of amides is 1. The maximum absolute atomic E-state index is 12.4. The SMILES string of the molecule is COc1ccc(C(CNC(=O)CCc2ccco2)c2c[nH]c3ccccc23)cc1. The molecule has 1 unspecified atom stereocenters. The second-order valence-corrected chi connectivity index (χ2v) is 7.00. The molecular weight excluding hydrogens is 364 g/mol. The molecule has 2 aromatic carbocycles. The van der Waals surface area contributed by atoms with E-state index in [0.717, 1.165) is 33.5 Å². The molecule has 0 aliphatic carbocycles. The van der Waals surface area contributed by atoms with E-state index in [-0.39, 0.29) is 11.8 Å². The molecule has 4 aromatic rings. The lowest BCUT2D eigenvalue weighted by atomic mass is 9.90. The summed E-state index contributed by atoms with van der Waals surface area (Å²) in [5, 5.41) is 4.26. The zero-order valence-electron chi connectivity index (χ0n) is 16.4. The van der Waals surface area contributed by atoms with E-state index < -0.39 is 0 Å². The molecule has 0 saturated heterocycles. The number of aromatic amines is 1. The smallest absolute Gasteiger partial charge is 0.220 e. The fourth-order valence-electron chi connectivity index (χ4n) is 3.62. The number of methoxy groups -OCH3 is 1. The molecule has 0 aliphatic heterocycles. The van der Waals surface area contributed by atoms with Gasteiger partial charge in [0.05, 0.1) is 13.4 Å². The summed E-state index contributed by atoms with van der Waals surface area (Å²) in [4.78, 5) is 15.8. The largest absolute Gasteiger partial charge is 0.497 e. The summed E-state index contributed by atoms with van der Waals surface area (Å²) in [6, 6.07) is 20.0. The topological polar surface area (TPSA) is 67.3 Å². The molecule has 148 valence electrons. The molecule has 1 amide bonds. The van der Waals surface area contributed by atoms with Crippen LogP contribution in [0.3, 0.4) is 0 Å². The molecule has 2 aromatic heterocycles. The van der Waals surface area contributed by atoms with Gasteiger partial charge in [0.2, 0.25) is 5.91 Å². The molecule has 5 heteroatoms. The number of aromatic nitrogens is 1. The Morgan fingerprint density at radius 3 is 2.69 bits per heavy atom. The Kier molecular flexibility index (Phi) is 5.66. The van der Waals surface area contributed by atoms with Crippen molar-refractivity contribution < 1.29 is 13.9 Å². The minimum atomic E-state index is 0.0137. The van der Waals surface area contributed by atoms with Crippen molar-refractivity contribution in [1.29, 1.82) is 0 Å². The molecular formula is C24H24N2O3. The number of carbonyl (C=O) groups excluding carboxylic acids is 1. The van der Waals surface area contributed by atoms with Gasteiger partial charge in [0.1, 0.15) is 11.5 Å². The highest BCUT2D eigenvalue weighted by Gasteiger charge is 2.19. The Morgan fingerprint density at radius 1 is 1.10 bits per heavy atom. The Bertz CT molecular complexity index is 1070. The second-order valence-electron chi connectivity index (χ2n) is 7.00. The minimum absolute atomic E-state index is 0.0137. The van der Waals surface area contributed by atoms with E-state index in [2.05, 4.69) is 34.6 Å². The highest BCUT2D eigenvalue weighted by atomic mass is 16.5. The van der Waals surface area contributed by atoms with E-state index in [0.29, 0.717) is 19.4 Å². The average Bonchev–Trinajstić information content (AvgIpc) is 3.43. The summed E-state index contributed by atoms with van der Waals surface area (Å²) in [5.74, 6) is 1.68. The number of hydrogen-bond donors (Lipinski definition) is 2. The molecule has 0 spiro atoms. The van der Waals surface area contributed by atoms with E-state index in [1.54, 1.807) is 13.4 Å². The number of fused-ring (bicyclic) bond motifs is 1. The van der Waals surface area contributed by atoms with Crippen LogP contribution in [0.1, 0.15) is 29.2 Å². The Labute approximate surface area is 169 Å². The molecule has 0 aliphatic rings. The molecule has 0 saturated carbocycles. The van der Waals surface area contributed by atoms with Gasteiger partial charge in [-0.2, -0.15) is 0 Å². The van der Waals surface area contributed by atoms with E-state index in [1.807, 2.05) is 42.6 Å². The molecule has 5 nitrogen and oxygen atoms in total. The zero-order chi connectivity index (χ0) is 20.1. The van der Waals surface area contributed by atoms with Crippen LogP contribution in [-0.2, 0) is 11.2 Å². The highest BCUT2D eigenvalue weighted by Crippen LogP contribution is 2.31. The van der Waals surface area contributed by atoms with Crippen LogP contribution >= 0.6 is 0 Å². The van der Waals surface area contributed by atoms with Crippen LogP contribution in [0.15, 0.2) is 77.5 Å². The monoisotopic (exact) mass is 388 g/mol. The molecule has 4 rings (SSSR count). The number of carbonyl (C=O) groups is 1. The predicted molar refractivity (Wildman–Crippen MR) is 113 cm³/mol. The van der Waals surface area contributed by atoms with Crippen LogP contribution in [0, 0.1) is 0 Å². The molecule has 0 bridgehead atoms. The van der Waals surface area contributed by atoms with Crippen LogP contribution in [0.5, 0.6) is 5.75 Å². The van der Waals surface area contributed by atoms with Gasteiger partial charge in [-0.05, 0) is 41.5 Å². The number of aryl methyl sites for hydroxylation is 1. The maximum Gasteiger partial charge on any atom is 0.220 e. The third kappa shape index (κ3) is 4.35. The lowest BCUT2D eigenvalue weighted by molar-refractivity contribution is -0.121. The molecule has 2 N–H and O–H groups in total. The first kappa shape index (κ1) is 18.9. The standard InChI is InChI=1S/C24H24N2O3/c1-28-18-10-8-17(9-11-18)21(22-16-25-23-7-3-2-6-20(22)23)15-26-24(27)13-12-19-5-4-14-29-19/h2-11,14,16,21,25H,12-13,15H2,1H3,(H,26,27). The Balaban J connectivity index is 1.54. The van der Waals surface area contributed by atoms with Crippen molar-refractivity contribution in [3.63, 3.8) is 0 Å². The van der Waals surface area contributed by atoms with Gasteiger partial charge in [0.15, 0.2) is 0 Å². The highest BCUT2D eigenvalue weighted by molar-refractivity contribution is 5.84. The first-order valence-electron chi connectivity index (χ1n) is 9.73. The number of nitrogens with one attached hydrogen (secondary N) is 2. The maximum atomic E-state index is 12.4. The van der Waals surface area contributed by atoms with Crippen LogP contribution in [0.4, 0.5) is 0 Å². The lowest BCUT2D eigenvalue weighted by Crippen LogP contribution is -2.29. The predicted octanol–water partition coefficient (Wildman–Crippen LogP) is 4.65. The summed E-state index contributed by atoms with van der Waals surface area (Å²) < 4.78 is 10.6. The van der Waals surface area contributed by atoms with Crippen molar-refractivity contribution in [3.05, 3.63) is 90.0 Å². The van der Waals surface area contributed by atoms with Gasteiger partial charge in [0.25, 0.3) is 0 Å². The Morgan fingerprint density at radius 2 is 1.93 bits per heavy atom. The van der Waals surface area contributed by atoms with Gasteiger partial charge in [0, 0.05) is 42.4 Å². The first-order valence-corrected chi connectivity index (χ1v) is 9.73. The third-order valence-corrected chi connectivity index (χ3v) is 5.20.